The number of carbonyl (C=O) groups is 1. The van der Waals surface area contributed by atoms with Crippen LogP contribution in [0.25, 0.3) is 11.1 Å². The second-order valence-electron chi connectivity index (χ2n) is 8.25. The van der Waals surface area contributed by atoms with Crippen LogP contribution in [-0.4, -0.2) is 21.2 Å². The van der Waals surface area contributed by atoms with Crippen molar-refractivity contribution in [3.8, 4) is 22.6 Å². The Balaban J connectivity index is 1.49. The van der Waals surface area contributed by atoms with Gasteiger partial charge in [0.05, 0.1) is 11.4 Å². The van der Waals surface area contributed by atoms with Gasteiger partial charge in [-0.1, -0.05) is 59.7 Å². The number of phenolic OH excluding ortho intramolecular Hbond substituents is 2. The van der Waals surface area contributed by atoms with E-state index in [0.29, 0.717) is 33.6 Å². The first-order valence-corrected chi connectivity index (χ1v) is 10.9. The highest BCUT2D eigenvalue weighted by atomic mass is 16.3. The van der Waals surface area contributed by atoms with E-state index in [1.807, 2.05) is 38.1 Å². The van der Waals surface area contributed by atoms with Crippen LogP contribution in [-0.2, 0) is 0 Å². The molecule has 0 bridgehead atoms. The molecule has 0 radical (unpaired) electrons. The van der Waals surface area contributed by atoms with Crippen molar-refractivity contribution in [2.75, 3.05) is 10.6 Å². The number of hydrogen-bond donors (Lipinski definition) is 5. The number of phenols is 2. The van der Waals surface area contributed by atoms with E-state index >= 15 is 0 Å². The Bertz CT molecular complexity index is 1350. The molecule has 0 aliphatic carbocycles. The lowest BCUT2D eigenvalue weighted by atomic mass is 10.0. The van der Waals surface area contributed by atoms with Gasteiger partial charge in [0, 0.05) is 11.1 Å². The van der Waals surface area contributed by atoms with E-state index in [1.165, 1.54) is 6.07 Å². The summed E-state index contributed by atoms with van der Waals surface area (Å²) >= 11 is 0. The van der Waals surface area contributed by atoms with Gasteiger partial charge >= 0.3 is 0 Å². The Morgan fingerprint density at radius 2 is 1.32 bits per heavy atom. The van der Waals surface area contributed by atoms with Crippen LogP contribution in [0.3, 0.4) is 0 Å². The molecular weight excluding hydrogens is 428 g/mol. The van der Waals surface area contributed by atoms with Crippen molar-refractivity contribution in [1.82, 2.24) is 0 Å². The molecule has 0 heterocycles. The van der Waals surface area contributed by atoms with Gasteiger partial charge in [-0.05, 0) is 61.4 Å². The highest BCUT2D eigenvalue weighted by Gasteiger charge is 2.13. The molecule has 6 heteroatoms. The standard InChI is InChI=1S/C28H26N2O4/c1-17-5-3-7-21(13-17)27(33)29-23-11-9-19(15-25(23)31)20-10-12-24(26(32)16-20)30-28(34)22-8-4-6-18(2)14-22/h3-16,27,29,31-33H,1-2H3,(H,30,34). The van der Waals surface area contributed by atoms with E-state index in [0.717, 1.165) is 11.1 Å². The molecule has 0 saturated heterocycles. The number of carbonyl (C=O) groups excluding carboxylic acids is 1. The first-order valence-electron chi connectivity index (χ1n) is 10.9. The summed E-state index contributed by atoms with van der Waals surface area (Å²) in [4.78, 5) is 12.5. The topological polar surface area (TPSA) is 102 Å². The fourth-order valence-electron chi connectivity index (χ4n) is 3.70. The number of anilines is 2. The van der Waals surface area contributed by atoms with Crippen molar-refractivity contribution < 1.29 is 20.1 Å². The number of nitrogens with one attached hydrogen (secondary N) is 2. The number of aliphatic hydroxyl groups excluding tert-OH is 1. The van der Waals surface area contributed by atoms with Crippen molar-refractivity contribution in [2.24, 2.45) is 0 Å². The predicted octanol–water partition coefficient (Wildman–Crippen LogP) is 5.74. The number of aliphatic hydroxyl groups is 1. The van der Waals surface area contributed by atoms with Crippen LogP contribution < -0.4 is 10.6 Å². The molecule has 1 amide bonds. The smallest absolute Gasteiger partial charge is 0.255 e. The van der Waals surface area contributed by atoms with Gasteiger partial charge in [0.2, 0.25) is 0 Å². The minimum atomic E-state index is -0.975. The SMILES string of the molecule is Cc1cccc(C(=O)Nc2ccc(-c3ccc(NC(O)c4cccc(C)c4)c(O)c3)cc2O)c1. The summed E-state index contributed by atoms with van der Waals surface area (Å²) in [5.74, 6) is -0.442. The molecule has 0 aliphatic heterocycles. The molecule has 0 aromatic heterocycles. The Labute approximate surface area is 198 Å². The summed E-state index contributed by atoms with van der Waals surface area (Å²) in [7, 11) is 0. The third kappa shape index (κ3) is 5.19. The Hall–Kier alpha value is -4.29. The first-order chi connectivity index (χ1) is 16.3. The van der Waals surface area contributed by atoms with Gasteiger partial charge in [-0.15, -0.1) is 0 Å². The molecule has 0 fully saturated rings. The number of benzene rings is 4. The maximum absolute atomic E-state index is 12.5. The third-order valence-electron chi connectivity index (χ3n) is 5.51. The lowest BCUT2D eigenvalue weighted by Crippen LogP contribution is -2.12. The Morgan fingerprint density at radius 3 is 1.91 bits per heavy atom. The van der Waals surface area contributed by atoms with Gasteiger partial charge < -0.3 is 26.0 Å². The molecule has 4 rings (SSSR count). The summed E-state index contributed by atoms with van der Waals surface area (Å²) in [6.07, 6.45) is -0.975. The van der Waals surface area contributed by atoms with Gasteiger partial charge in [0.25, 0.3) is 5.91 Å². The highest BCUT2D eigenvalue weighted by Crippen LogP contribution is 2.35. The van der Waals surface area contributed by atoms with Gasteiger partial charge in [0.15, 0.2) is 6.23 Å². The zero-order chi connectivity index (χ0) is 24.2. The molecule has 1 atom stereocenters. The molecule has 172 valence electrons. The van der Waals surface area contributed by atoms with Crippen molar-refractivity contribution in [2.45, 2.75) is 20.1 Å². The number of rotatable bonds is 6. The largest absolute Gasteiger partial charge is 0.506 e. The molecule has 4 aromatic rings. The second kappa shape index (κ2) is 9.68. The third-order valence-corrected chi connectivity index (χ3v) is 5.51. The van der Waals surface area contributed by atoms with Crippen LogP contribution >= 0.6 is 0 Å². The van der Waals surface area contributed by atoms with E-state index in [4.69, 9.17) is 0 Å². The predicted molar refractivity (Wildman–Crippen MR) is 134 cm³/mol. The first kappa shape index (κ1) is 22.9. The number of aryl methyl sites for hydroxylation is 2. The molecule has 6 nitrogen and oxygen atoms in total. The monoisotopic (exact) mass is 454 g/mol. The Morgan fingerprint density at radius 1 is 0.735 bits per heavy atom. The number of amides is 1. The van der Waals surface area contributed by atoms with E-state index in [2.05, 4.69) is 10.6 Å². The molecule has 0 aliphatic rings. The van der Waals surface area contributed by atoms with Crippen LogP contribution in [0, 0.1) is 13.8 Å². The maximum Gasteiger partial charge on any atom is 0.255 e. The van der Waals surface area contributed by atoms with Crippen LogP contribution in [0.1, 0.15) is 33.3 Å². The summed E-state index contributed by atoms with van der Waals surface area (Å²) in [5, 5.41) is 37.0. The zero-order valence-electron chi connectivity index (χ0n) is 18.9. The van der Waals surface area contributed by atoms with E-state index in [-0.39, 0.29) is 17.4 Å². The average Bonchev–Trinajstić information content (AvgIpc) is 2.81. The molecule has 0 saturated carbocycles. The van der Waals surface area contributed by atoms with Gasteiger partial charge in [-0.3, -0.25) is 4.79 Å². The summed E-state index contributed by atoms with van der Waals surface area (Å²) in [6, 6.07) is 24.5. The molecule has 5 N–H and O–H groups in total. The van der Waals surface area contributed by atoms with Crippen molar-refractivity contribution in [3.63, 3.8) is 0 Å². The molecule has 4 aromatic carbocycles. The lowest BCUT2D eigenvalue weighted by Gasteiger charge is -2.17. The maximum atomic E-state index is 12.5. The lowest BCUT2D eigenvalue weighted by molar-refractivity contribution is 0.102. The van der Waals surface area contributed by atoms with E-state index in [1.54, 1.807) is 54.6 Å². The Kier molecular flexibility index (Phi) is 6.52. The van der Waals surface area contributed by atoms with Crippen molar-refractivity contribution >= 4 is 17.3 Å². The number of aromatic hydroxyl groups is 2. The van der Waals surface area contributed by atoms with Crippen molar-refractivity contribution in [1.29, 1.82) is 0 Å². The van der Waals surface area contributed by atoms with E-state index < -0.39 is 6.23 Å². The molecule has 34 heavy (non-hydrogen) atoms. The van der Waals surface area contributed by atoms with Crippen LogP contribution in [0.4, 0.5) is 11.4 Å². The fourth-order valence-corrected chi connectivity index (χ4v) is 3.70. The average molecular weight is 455 g/mol. The number of hydrogen-bond acceptors (Lipinski definition) is 5. The normalized spacial score (nSPS) is 11.6. The van der Waals surface area contributed by atoms with Crippen LogP contribution in [0.5, 0.6) is 11.5 Å². The van der Waals surface area contributed by atoms with Crippen molar-refractivity contribution in [3.05, 3.63) is 107 Å². The fraction of sp³-hybridized carbons (Fsp3) is 0.107. The quantitative estimate of drug-likeness (QED) is 0.189. The summed E-state index contributed by atoms with van der Waals surface area (Å²) < 4.78 is 0. The molecule has 0 spiro atoms. The van der Waals surface area contributed by atoms with Gasteiger partial charge in [-0.2, -0.15) is 0 Å². The molecular formula is C28H26N2O4. The summed E-state index contributed by atoms with van der Waals surface area (Å²) in [6.45, 7) is 3.85. The van der Waals surface area contributed by atoms with Crippen LogP contribution in [0.15, 0.2) is 84.9 Å². The zero-order valence-corrected chi connectivity index (χ0v) is 18.9. The molecule has 1 unspecified atom stereocenters. The highest BCUT2D eigenvalue weighted by molar-refractivity contribution is 6.05. The minimum Gasteiger partial charge on any atom is -0.506 e. The van der Waals surface area contributed by atoms with E-state index in [9.17, 15) is 20.1 Å². The van der Waals surface area contributed by atoms with Crippen LogP contribution in [0.2, 0.25) is 0 Å². The van der Waals surface area contributed by atoms with Gasteiger partial charge in [-0.25, -0.2) is 0 Å². The van der Waals surface area contributed by atoms with Gasteiger partial charge in [0.1, 0.15) is 11.5 Å². The second-order valence-corrected chi connectivity index (χ2v) is 8.25. The summed E-state index contributed by atoms with van der Waals surface area (Å²) in [5.41, 5.74) is 5.18. The minimum absolute atomic E-state index is 0.0412.